The standard InChI is InChI=1S/C16H20N4O3/c1-11-9-12(2)20(19-11)10-15(21)17-18-16(22)13(3)23-14-7-5-4-6-8-14/h4-9,13H,10H2,1-3H3,(H,17,21)(H,18,22). The van der Waals surface area contributed by atoms with Crippen LogP contribution in [0.15, 0.2) is 36.4 Å². The lowest BCUT2D eigenvalue weighted by molar-refractivity contribution is -0.133. The Morgan fingerprint density at radius 3 is 2.52 bits per heavy atom. The predicted molar refractivity (Wildman–Crippen MR) is 84.5 cm³/mol. The fourth-order valence-corrected chi connectivity index (χ4v) is 2.00. The summed E-state index contributed by atoms with van der Waals surface area (Å²) >= 11 is 0. The van der Waals surface area contributed by atoms with Crippen molar-refractivity contribution in [3.63, 3.8) is 0 Å². The smallest absolute Gasteiger partial charge is 0.279 e. The molecule has 0 bridgehead atoms. The van der Waals surface area contributed by atoms with Crippen molar-refractivity contribution in [1.29, 1.82) is 0 Å². The van der Waals surface area contributed by atoms with E-state index in [4.69, 9.17) is 4.74 Å². The highest BCUT2D eigenvalue weighted by Gasteiger charge is 2.15. The minimum Gasteiger partial charge on any atom is -0.481 e. The van der Waals surface area contributed by atoms with E-state index in [-0.39, 0.29) is 12.5 Å². The van der Waals surface area contributed by atoms with Crippen LogP contribution in [-0.2, 0) is 16.1 Å². The molecule has 7 nitrogen and oxygen atoms in total. The van der Waals surface area contributed by atoms with E-state index in [0.29, 0.717) is 5.75 Å². The molecule has 0 spiro atoms. The number of para-hydroxylation sites is 1. The summed E-state index contributed by atoms with van der Waals surface area (Å²) in [6, 6.07) is 10.9. The Bertz CT molecular complexity index is 682. The molecule has 122 valence electrons. The molecule has 2 aromatic rings. The normalized spacial score (nSPS) is 11.6. The van der Waals surface area contributed by atoms with Crippen LogP contribution < -0.4 is 15.6 Å². The van der Waals surface area contributed by atoms with Gasteiger partial charge in [-0.1, -0.05) is 18.2 Å². The van der Waals surface area contributed by atoms with Gasteiger partial charge in [0.1, 0.15) is 12.3 Å². The zero-order chi connectivity index (χ0) is 16.8. The first kappa shape index (κ1) is 16.5. The summed E-state index contributed by atoms with van der Waals surface area (Å²) in [5, 5.41) is 4.19. The monoisotopic (exact) mass is 316 g/mol. The van der Waals surface area contributed by atoms with E-state index in [9.17, 15) is 9.59 Å². The summed E-state index contributed by atoms with van der Waals surface area (Å²) in [5.74, 6) is -0.212. The number of carbonyl (C=O) groups excluding carboxylic acids is 2. The fourth-order valence-electron chi connectivity index (χ4n) is 2.00. The average Bonchev–Trinajstić information content (AvgIpc) is 2.83. The first-order valence-electron chi connectivity index (χ1n) is 7.27. The topological polar surface area (TPSA) is 85.2 Å². The second-order valence-corrected chi connectivity index (χ2v) is 5.20. The van der Waals surface area contributed by atoms with Crippen molar-refractivity contribution in [2.75, 3.05) is 0 Å². The molecule has 0 aliphatic rings. The number of nitrogens with zero attached hydrogens (tertiary/aromatic N) is 2. The molecule has 23 heavy (non-hydrogen) atoms. The fraction of sp³-hybridized carbons (Fsp3) is 0.312. The number of hydrazine groups is 1. The molecule has 0 aliphatic heterocycles. The molecule has 1 aromatic heterocycles. The van der Waals surface area contributed by atoms with Crippen LogP contribution in [0.25, 0.3) is 0 Å². The number of benzene rings is 1. The SMILES string of the molecule is Cc1cc(C)n(CC(=O)NNC(=O)C(C)Oc2ccccc2)n1. The lowest BCUT2D eigenvalue weighted by atomic mass is 10.3. The molecule has 0 saturated heterocycles. The second-order valence-electron chi connectivity index (χ2n) is 5.20. The molecule has 2 rings (SSSR count). The molecule has 2 amide bonds. The molecule has 7 heteroatoms. The third-order valence-corrected chi connectivity index (χ3v) is 3.15. The summed E-state index contributed by atoms with van der Waals surface area (Å²) < 4.78 is 7.04. The van der Waals surface area contributed by atoms with E-state index in [0.717, 1.165) is 11.4 Å². The van der Waals surface area contributed by atoms with Crippen LogP contribution in [0.3, 0.4) is 0 Å². The summed E-state index contributed by atoms with van der Waals surface area (Å²) in [4.78, 5) is 23.7. The maximum Gasteiger partial charge on any atom is 0.279 e. The highest BCUT2D eigenvalue weighted by molar-refractivity contribution is 5.84. The summed E-state index contributed by atoms with van der Waals surface area (Å²) in [6.07, 6.45) is -0.730. The highest BCUT2D eigenvalue weighted by Crippen LogP contribution is 2.10. The number of amides is 2. The third-order valence-electron chi connectivity index (χ3n) is 3.15. The second kappa shape index (κ2) is 7.44. The van der Waals surface area contributed by atoms with E-state index in [1.165, 1.54) is 0 Å². The van der Waals surface area contributed by atoms with Gasteiger partial charge in [-0.25, -0.2) is 0 Å². The van der Waals surface area contributed by atoms with Gasteiger partial charge in [-0.05, 0) is 39.0 Å². The van der Waals surface area contributed by atoms with Crippen molar-refractivity contribution in [2.45, 2.75) is 33.4 Å². The van der Waals surface area contributed by atoms with Gasteiger partial charge in [-0.2, -0.15) is 5.10 Å². The molecule has 1 heterocycles. The van der Waals surface area contributed by atoms with Crippen molar-refractivity contribution in [2.24, 2.45) is 0 Å². The van der Waals surface area contributed by atoms with Gasteiger partial charge < -0.3 is 4.74 Å². The lowest BCUT2D eigenvalue weighted by Gasteiger charge is -2.15. The van der Waals surface area contributed by atoms with Crippen molar-refractivity contribution in [3.05, 3.63) is 47.8 Å². The van der Waals surface area contributed by atoms with Crippen molar-refractivity contribution in [1.82, 2.24) is 20.6 Å². The van der Waals surface area contributed by atoms with Gasteiger partial charge in [-0.15, -0.1) is 0 Å². The third kappa shape index (κ3) is 4.84. The highest BCUT2D eigenvalue weighted by atomic mass is 16.5. The van der Waals surface area contributed by atoms with Crippen LogP contribution in [0.5, 0.6) is 5.75 Å². The summed E-state index contributed by atoms with van der Waals surface area (Å²) in [6.45, 7) is 5.36. The minimum atomic E-state index is -0.730. The Morgan fingerprint density at radius 1 is 1.22 bits per heavy atom. The Kier molecular flexibility index (Phi) is 5.35. The molecule has 0 aliphatic carbocycles. The van der Waals surface area contributed by atoms with Gasteiger partial charge in [0.2, 0.25) is 0 Å². The van der Waals surface area contributed by atoms with Crippen LogP contribution >= 0.6 is 0 Å². The predicted octanol–water partition coefficient (Wildman–Crippen LogP) is 1.11. The van der Waals surface area contributed by atoms with Crippen LogP contribution in [0.1, 0.15) is 18.3 Å². The quantitative estimate of drug-likeness (QED) is 0.809. The molecule has 1 aromatic carbocycles. The molecule has 1 atom stereocenters. The maximum absolute atomic E-state index is 11.9. The van der Waals surface area contributed by atoms with Crippen LogP contribution in [0.4, 0.5) is 0 Å². The Morgan fingerprint density at radius 2 is 1.91 bits per heavy atom. The minimum absolute atomic E-state index is 0.0356. The molecule has 1 unspecified atom stereocenters. The van der Waals surface area contributed by atoms with E-state index in [1.807, 2.05) is 38.1 Å². The molecular formula is C16H20N4O3. The summed E-state index contributed by atoms with van der Waals surface area (Å²) in [7, 11) is 0. The number of hydrogen-bond donors (Lipinski definition) is 2. The molecule has 0 fully saturated rings. The van der Waals surface area contributed by atoms with Crippen molar-refractivity contribution >= 4 is 11.8 Å². The van der Waals surface area contributed by atoms with Gasteiger partial charge >= 0.3 is 0 Å². The van der Waals surface area contributed by atoms with Gasteiger partial charge in [0, 0.05) is 5.69 Å². The number of rotatable bonds is 5. The van der Waals surface area contributed by atoms with E-state index in [2.05, 4.69) is 16.0 Å². The first-order valence-corrected chi connectivity index (χ1v) is 7.27. The van der Waals surface area contributed by atoms with Gasteiger partial charge in [0.05, 0.1) is 5.69 Å². The summed E-state index contributed by atoms with van der Waals surface area (Å²) in [5.41, 5.74) is 6.42. The van der Waals surface area contributed by atoms with Crippen molar-refractivity contribution < 1.29 is 14.3 Å². The molecule has 0 saturated carbocycles. The van der Waals surface area contributed by atoms with Gasteiger partial charge in [0.25, 0.3) is 11.8 Å². The number of aryl methyl sites for hydroxylation is 2. The van der Waals surface area contributed by atoms with Gasteiger partial charge in [-0.3, -0.25) is 25.1 Å². The lowest BCUT2D eigenvalue weighted by Crippen LogP contribution is -2.48. The number of carbonyl (C=O) groups is 2. The Hall–Kier alpha value is -2.83. The molecule has 2 N–H and O–H groups in total. The van der Waals surface area contributed by atoms with E-state index < -0.39 is 12.0 Å². The molecular weight excluding hydrogens is 296 g/mol. The number of ether oxygens (including phenoxy) is 1. The largest absolute Gasteiger partial charge is 0.481 e. The zero-order valence-electron chi connectivity index (χ0n) is 13.4. The van der Waals surface area contributed by atoms with E-state index in [1.54, 1.807) is 23.7 Å². The van der Waals surface area contributed by atoms with Crippen LogP contribution in [-0.4, -0.2) is 27.7 Å². The maximum atomic E-state index is 11.9. The van der Waals surface area contributed by atoms with Gasteiger partial charge in [0.15, 0.2) is 6.10 Å². The first-order chi connectivity index (χ1) is 11.0. The number of nitrogens with one attached hydrogen (secondary N) is 2. The van der Waals surface area contributed by atoms with E-state index >= 15 is 0 Å². The number of aromatic nitrogens is 2. The average molecular weight is 316 g/mol. The number of hydrogen-bond acceptors (Lipinski definition) is 4. The van der Waals surface area contributed by atoms with Crippen LogP contribution in [0, 0.1) is 13.8 Å². The van der Waals surface area contributed by atoms with Crippen molar-refractivity contribution in [3.8, 4) is 5.75 Å². The zero-order valence-corrected chi connectivity index (χ0v) is 13.4. The Labute approximate surface area is 134 Å². The van der Waals surface area contributed by atoms with Crippen LogP contribution in [0.2, 0.25) is 0 Å². The molecule has 0 radical (unpaired) electrons. The Balaban J connectivity index is 1.79.